The van der Waals surface area contributed by atoms with Crippen LogP contribution in [0.3, 0.4) is 0 Å². The van der Waals surface area contributed by atoms with Crippen molar-refractivity contribution in [2.75, 3.05) is 11.9 Å². The monoisotopic (exact) mass is 318 g/mol. The normalized spacial score (nSPS) is 13.4. The Labute approximate surface area is 142 Å². The van der Waals surface area contributed by atoms with E-state index >= 15 is 0 Å². The third-order valence-electron chi connectivity index (χ3n) is 4.16. The number of aliphatic hydroxyl groups is 1. The van der Waals surface area contributed by atoms with Crippen LogP contribution in [0.15, 0.2) is 24.8 Å². The fourth-order valence-corrected chi connectivity index (χ4v) is 2.65. The summed E-state index contributed by atoms with van der Waals surface area (Å²) < 4.78 is 0. The van der Waals surface area contributed by atoms with E-state index in [-0.39, 0.29) is 12.6 Å². The van der Waals surface area contributed by atoms with Gasteiger partial charge in [0.15, 0.2) is 0 Å². The first kappa shape index (κ1) is 19.6. The van der Waals surface area contributed by atoms with Crippen LogP contribution in [-0.4, -0.2) is 23.8 Å². The van der Waals surface area contributed by atoms with Gasteiger partial charge in [-0.2, -0.15) is 0 Å². The molecule has 2 atom stereocenters. The lowest BCUT2D eigenvalue weighted by molar-refractivity contribution is 0.263. The molecule has 0 amide bonds. The van der Waals surface area contributed by atoms with Crippen LogP contribution in [0, 0.1) is 6.92 Å². The minimum Gasteiger partial charge on any atom is -0.394 e. The number of aliphatic hydroxyl groups excluding tert-OH is 1. The summed E-state index contributed by atoms with van der Waals surface area (Å²) in [6.07, 6.45) is 6.45. The van der Waals surface area contributed by atoms with Crippen LogP contribution in [0.4, 0.5) is 5.69 Å². The van der Waals surface area contributed by atoms with Gasteiger partial charge in [0, 0.05) is 23.5 Å². The molecule has 0 spiro atoms. The summed E-state index contributed by atoms with van der Waals surface area (Å²) in [5.74, 6) is 0. The second-order valence-electron chi connectivity index (χ2n) is 6.63. The molecular formula is C20H34N2O. The molecule has 3 N–H and O–H groups in total. The van der Waals surface area contributed by atoms with E-state index in [1.54, 1.807) is 0 Å². The highest BCUT2D eigenvalue weighted by molar-refractivity contribution is 5.66. The minimum atomic E-state index is 0.0174. The van der Waals surface area contributed by atoms with E-state index in [0.717, 1.165) is 11.3 Å². The van der Waals surface area contributed by atoms with Crippen LogP contribution in [0.5, 0.6) is 0 Å². The molecule has 0 fully saturated rings. The van der Waals surface area contributed by atoms with Gasteiger partial charge in [0.25, 0.3) is 0 Å². The molecule has 3 nitrogen and oxygen atoms in total. The summed E-state index contributed by atoms with van der Waals surface area (Å²) in [6, 6.07) is 6.87. The Kier molecular flexibility index (Phi) is 8.78. The Morgan fingerprint density at radius 1 is 1.17 bits per heavy atom. The summed E-state index contributed by atoms with van der Waals surface area (Å²) in [7, 11) is 0. The predicted molar refractivity (Wildman–Crippen MR) is 102 cm³/mol. The number of unbranched alkanes of at least 4 members (excludes halogenated alkanes) is 3. The molecule has 0 saturated carbocycles. The first-order chi connectivity index (χ1) is 11.0. The Morgan fingerprint density at radius 3 is 2.52 bits per heavy atom. The molecule has 1 rings (SSSR count). The molecular weight excluding hydrogens is 284 g/mol. The largest absolute Gasteiger partial charge is 0.394 e. The average molecular weight is 319 g/mol. The fourth-order valence-electron chi connectivity index (χ4n) is 2.65. The number of nitrogens with one attached hydrogen (secondary N) is 2. The molecule has 1 aromatic rings. The first-order valence-corrected chi connectivity index (χ1v) is 8.91. The minimum absolute atomic E-state index is 0.0174. The van der Waals surface area contributed by atoms with E-state index in [1.807, 2.05) is 6.92 Å². The number of anilines is 1. The quantitative estimate of drug-likeness (QED) is 0.518. The topological polar surface area (TPSA) is 44.3 Å². The van der Waals surface area contributed by atoms with Crippen molar-refractivity contribution in [2.45, 2.75) is 71.9 Å². The molecule has 23 heavy (non-hydrogen) atoms. The van der Waals surface area contributed by atoms with E-state index in [2.05, 4.69) is 56.2 Å². The van der Waals surface area contributed by atoms with Crippen LogP contribution in [0.25, 0.3) is 5.70 Å². The van der Waals surface area contributed by atoms with Crippen molar-refractivity contribution in [3.05, 3.63) is 35.9 Å². The van der Waals surface area contributed by atoms with E-state index in [0.29, 0.717) is 6.04 Å². The predicted octanol–water partition coefficient (Wildman–Crippen LogP) is 4.71. The highest BCUT2D eigenvalue weighted by Gasteiger charge is 2.08. The zero-order valence-electron chi connectivity index (χ0n) is 15.3. The fraction of sp³-hybridized carbons (Fsp3) is 0.600. The van der Waals surface area contributed by atoms with Crippen LogP contribution < -0.4 is 10.6 Å². The van der Waals surface area contributed by atoms with Crippen molar-refractivity contribution in [1.82, 2.24) is 5.32 Å². The second kappa shape index (κ2) is 10.3. The third kappa shape index (κ3) is 7.08. The van der Waals surface area contributed by atoms with Gasteiger partial charge in [0.2, 0.25) is 0 Å². The molecule has 1 aromatic carbocycles. The number of aryl methyl sites for hydroxylation is 1. The first-order valence-electron chi connectivity index (χ1n) is 8.91. The van der Waals surface area contributed by atoms with Gasteiger partial charge in [-0.05, 0) is 50.5 Å². The molecule has 0 aliphatic carbocycles. The maximum absolute atomic E-state index is 9.12. The maximum atomic E-state index is 9.12. The van der Waals surface area contributed by atoms with Crippen molar-refractivity contribution >= 4 is 11.4 Å². The molecule has 0 radical (unpaired) electrons. The SMILES string of the molecule is C=C(NC(C)CO)c1ccc(NC(C)CCCCCC)c(C)c1. The van der Waals surface area contributed by atoms with Gasteiger partial charge in [-0.25, -0.2) is 0 Å². The maximum Gasteiger partial charge on any atom is 0.0630 e. The number of benzene rings is 1. The Bertz CT molecular complexity index is 485. The zero-order chi connectivity index (χ0) is 17.2. The summed E-state index contributed by atoms with van der Waals surface area (Å²) in [5.41, 5.74) is 4.35. The summed E-state index contributed by atoms with van der Waals surface area (Å²) in [4.78, 5) is 0. The molecule has 3 heteroatoms. The number of hydrogen-bond donors (Lipinski definition) is 3. The molecule has 0 saturated heterocycles. The van der Waals surface area contributed by atoms with Crippen LogP contribution in [0.2, 0.25) is 0 Å². The van der Waals surface area contributed by atoms with Crippen molar-refractivity contribution in [3.8, 4) is 0 Å². The van der Waals surface area contributed by atoms with Crippen LogP contribution in [-0.2, 0) is 0 Å². The molecule has 0 heterocycles. The summed E-state index contributed by atoms with van der Waals surface area (Å²) >= 11 is 0. The highest BCUT2D eigenvalue weighted by atomic mass is 16.3. The molecule has 130 valence electrons. The summed E-state index contributed by atoms with van der Waals surface area (Å²) in [6.45, 7) is 12.7. The van der Waals surface area contributed by atoms with Crippen LogP contribution >= 0.6 is 0 Å². The van der Waals surface area contributed by atoms with Crippen molar-refractivity contribution in [1.29, 1.82) is 0 Å². The van der Waals surface area contributed by atoms with E-state index in [9.17, 15) is 0 Å². The van der Waals surface area contributed by atoms with Gasteiger partial charge in [-0.3, -0.25) is 0 Å². The second-order valence-corrected chi connectivity index (χ2v) is 6.63. The average Bonchev–Trinajstić information content (AvgIpc) is 2.53. The lowest BCUT2D eigenvalue weighted by Crippen LogP contribution is -2.27. The number of rotatable bonds is 11. The molecule has 2 unspecified atom stereocenters. The molecule has 0 aromatic heterocycles. The lowest BCUT2D eigenvalue weighted by Gasteiger charge is -2.19. The molecule has 0 aliphatic heterocycles. The van der Waals surface area contributed by atoms with Gasteiger partial charge in [-0.1, -0.05) is 45.3 Å². The van der Waals surface area contributed by atoms with E-state index in [4.69, 9.17) is 5.11 Å². The van der Waals surface area contributed by atoms with Gasteiger partial charge >= 0.3 is 0 Å². The standard InChI is InChI=1S/C20H34N2O/c1-6-7-8-9-10-16(3)22-20-12-11-19(13-15(20)2)18(5)21-17(4)14-23/h11-13,16-17,21-23H,5-10,14H2,1-4H3. The van der Waals surface area contributed by atoms with Gasteiger partial charge < -0.3 is 15.7 Å². The molecule has 0 aliphatic rings. The third-order valence-corrected chi connectivity index (χ3v) is 4.16. The van der Waals surface area contributed by atoms with Crippen molar-refractivity contribution < 1.29 is 5.11 Å². The van der Waals surface area contributed by atoms with E-state index < -0.39 is 0 Å². The van der Waals surface area contributed by atoms with Crippen molar-refractivity contribution in [2.24, 2.45) is 0 Å². The summed E-state index contributed by atoms with van der Waals surface area (Å²) in [5, 5.41) is 15.9. The lowest BCUT2D eigenvalue weighted by atomic mass is 10.0. The van der Waals surface area contributed by atoms with Crippen LogP contribution in [0.1, 0.15) is 64.0 Å². The number of hydrogen-bond acceptors (Lipinski definition) is 3. The van der Waals surface area contributed by atoms with Gasteiger partial charge in [-0.15, -0.1) is 0 Å². The van der Waals surface area contributed by atoms with Gasteiger partial charge in [0.1, 0.15) is 0 Å². The Morgan fingerprint density at radius 2 is 1.91 bits per heavy atom. The van der Waals surface area contributed by atoms with Crippen molar-refractivity contribution in [3.63, 3.8) is 0 Å². The molecule has 0 bridgehead atoms. The smallest absolute Gasteiger partial charge is 0.0630 e. The Hall–Kier alpha value is -1.48. The zero-order valence-corrected chi connectivity index (χ0v) is 15.3. The van der Waals surface area contributed by atoms with E-state index in [1.165, 1.54) is 43.4 Å². The van der Waals surface area contributed by atoms with Gasteiger partial charge in [0.05, 0.1) is 6.61 Å². The highest BCUT2D eigenvalue weighted by Crippen LogP contribution is 2.21. The Balaban J connectivity index is 2.57.